The molecule has 0 bridgehead atoms. The van der Waals surface area contributed by atoms with E-state index in [1.807, 2.05) is 30.3 Å². The van der Waals surface area contributed by atoms with E-state index in [4.69, 9.17) is 4.74 Å². The van der Waals surface area contributed by atoms with Crippen molar-refractivity contribution in [3.63, 3.8) is 0 Å². The third-order valence-corrected chi connectivity index (χ3v) is 7.62. The number of hydrogen-bond acceptors (Lipinski definition) is 3. The van der Waals surface area contributed by atoms with Crippen molar-refractivity contribution < 1.29 is 9.53 Å². The van der Waals surface area contributed by atoms with Gasteiger partial charge < -0.3 is 10.1 Å². The van der Waals surface area contributed by atoms with Gasteiger partial charge in [-0.25, -0.2) is 0 Å². The molecule has 0 unspecified atom stereocenters. The van der Waals surface area contributed by atoms with Crippen molar-refractivity contribution in [3.8, 4) is 5.75 Å². The lowest BCUT2D eigenvalue weighted by Crippen LogP contribution is -2.44. The van der Waals surface area contributed by atoms with Gasteiger partial charge in [-0.2, -0.15) is 0 Å². The number of carbonyl (C=O) groups excluding carboxylic acids is 1. The quantitative estimate of drug-likeness (QED) is 0.492. The summed E-state index contributed by atoms with van der Waals surface area (Å²) in [5, 5.41) is 3.30. The molecule has 1 amide bonds. The van der Waals surface area contributed by atoms with Crippen molar-refractivity contribution in [3.05, 3.63) is 101 Å². The summed E-state index contributed by atoms with van der Waals surface area (Å²) >= 11 is 0. The Kier molecular flexibility index (Phi) is 6.42. The van der Waals surface area contributed by atoms with Gasteiger partial charge in [0, 0.05) is 37.2 Å². The minimum Gasteiger partial charge on any atom is -0.487 e. The first-order valence-corrected chi connectivity index (χ1v) is 12.6. The van der Waals surface area contributed by atoms with Gasteiger partial charge in [-0.05, 0) is 54.2 Å². The third kappa shape index (κ3) is 4.60. The van der Waals surface area contributed by atoms with Crippen LogP contribution >= 0.6 is 0 Å². The van der Waals surface area contributed by atoms with Crippen LogP contribution in [0.25, 0.3) is 0 Å². The van der Waals surface area contributed by atoms with Crippen LogP contribution in [0.1, 0.15) is 71.8 Å². The number of fused-ring (bicyclic) bond motifs is 2. The highest BCUT2D eigenvalue weighted by Crippen LogP contribution is 2.42. The van der Waals surface area contributed by atoms with Gasteiger partial charge in [0.05, 0.1) is 6.04 Å². The van der Waals surface area contributed by atoms with E-state index in [9.17, 15) is 4.79 Å². The highest BCUT2D eigenvalue weighted by Gasteiger charge is 2.39. The topological polar surface area (TPSA) is 41.6 Å². The Bertz CT molecular complexity index is 1150. The van der Waals surface area contributed by atoms with Crippen LogP contribution in [0.3, 0.4) is 0 Å². The Morgan fingerprint density at radius 1 is 0.971 bits per heavy atom. The largest absolute Gasteiger partial charge is 0.487 e. The number of ether oxygens (including phenoxy) is 1. The van der Waals surface area contributed by atoms with Crippen molar-refractivity contribution in [2.24, 2.45) is 0 Å². The van der Waals surface area contributed by atoms with E-state index in [1.54, 1.807) is 0 Å². The molecule has 34 heavy (non-hydrogen) atoms. The molecule has 2 aliphatic heterocycles. The predicted molar refractivity (Wildman–Crippen MR) is 136 cm³/mol. The molecule has 0 radical (unpaired) electrons. The molecule has 3 aromatic rings. The average Bonchev–Trinajstić information content (AvgIpc) is 2.89. The fourth-order valence-corrected chi connectivity index (χ4v) is 5.38. The van der Waals surface area contributed by atoms with Gasteiger partial charge in [0.1, 0.15) is 11.4 Å². The van der Waals surface area contributed by atoms with E-state index in [1.165, 1.54) is 16.7 Å². The van der Waals surface area contributed by atoms with Crippen LogP contribution in [-0.2, 0) is 19.5 Å². The van der Waals surface area contributed by atoms with E-state index >= 15 is 0 Å². The van der Waals surface area contributed by atoms with Crippen molar-refractivity contribution >= 4 is 5.91 Å². The minimum atomic E-state index is -0.233. The number of nitrogens with zero attached hydrogens (tertiary/aromatic N) is 1. The molecule has 0 aliphatic carbocycles. The van der Waals surface area contributed by atoms with E-state index in [-0.39, 0.29) is 17.6 Å². The van der Waals surface area contributed by atoms with E-state index in [0.717, 1.165) is 56.6 Å². The zero-order chi connectivity index (χ0) is 23.5. The fourth-order valence-electron chi connectivity index (χ4n) is 5.38. The van der Waals surface area contributed by atoms with Gasteiger partial charge in [-0.3, -0.25) is 9.69 Å². The number of rotatable bonds is 6. The molecule has 0 saturated carbocycles. The van der Waals surface area contributed by atoms with Gasteiger partial charge in [0.2, 0.25) is 0 Å². The molecule has 1 N–H and O–H groups in total. The number of carbonyl (C=O) groups is 1. The van der Waals surface area contributed by atoms with Crippen LogP contribution in [0.5, 0.6) is 5.75 Å². The zero-order valence-electron chi connectivity index (χ0n) is 20.2. The van der Waals surface area contributed by atoms with Gasteiger partial charge in [0.25, 0.3) is 5.91 Å². The molecule has 5 rings (SSSR count). The van der Waals surface area contributed by atoms with Gasteiger partial charge in [-0.1, -0.05) is 68.4 Å². The number of para-hydroxylation sites is 1. The Balaban J connectivity index is 1.26. The highest BCUT2D eigenvalue weighted by atomic mass is 16.5. The predicted octanol–water partition coefficient (Wildman–Crippen LogP) is 6.06. The number of amides is 1. The maximum absolute atomic E-state index is 13.2. The van der Waals surface area contributed by atoms with Crippen LogP contribution in [0.4, 0.5) is 0 Å². The van der Waals surface area contributed by atoms with Gasteiger partial charge >= 0.3 is 0 Å². The van der Waals surface area contributed by atoms with Crippen molar-refractivity contribution in [2.45, 2.75) is 64.3 Å². The molecule has 0 fully saturated rings. The number of benzene rings is 3. The summed E-state index contributed by atoms with van der Waals surface area (Å²) in [5.41, 5.74) is 5.67. The fraction of sp³-hybridized carbons (Fsp3) is 0.367. The molecule has 2 heterocycles. The summed E-state index contributed by atoms with van der Waals surface area (Å²) in [7, 11) is 0. The van der Waals surface area contributed by atoms with Crippen molar-refractivity contribution in [1.82, 2.24) is 10.2 Å². The maximum Gasteiger partial charge on any atom is 0.251 e. The first-order valence-electron chi connectivity index (χ1n) is 12.6. The highest BCUT2D eigenvalue weighted by molar-refractivity contribution is 5.94. The first kappa shape index (κ1) is 22.7. The molecule has 0 aromatic heterocycles. The van der Waals surface area contributed by atoms with E-state index in [2.05, 4.69) is 66.5 Å². The molecule has 0 spiro atoms. The second kappa shape index (κ2) is 9.63. The third-order valence-electron chi connectivity index (χ3n) is 7.62. The second-order valence-corrected chi connectivity index (χ2v) is 9.69. The normalized spacial score (nSPS) is 18.9. The number of hydrogen-bond donors (Lipinski definition) is 1. The summed E-state index contributed by atoms with van der Waals surface area (Å²) in [6.07, 6.45) is 3.72. The summed E-state index contributed by atoms with van der Waals surface area (Å²) in [6, 6.07) is 24.9. The first-order chi connectivity index (χ1) is 16.6. The lowest BCUT2D eigenvalue weighted by atomic mass is 9.83. The van der Waals surface area contributed by atoms with Gasteiger partial charge in [0.15, 0.2) is 0 Å². The van der Waals surface area contributed by atoms with Crippen LogP contribution < -0.4 is 10.1 Å². The molecule has 2 aliphatic rings. The van der Waals surface area contributed by atoms with E-state index in [0.29, 0.717) is 5.56 Å². The molecule has 3 aromatic carbocycles. The van der Waals surface area contributed by atoms with Crippen molar-refractivity contribution in [2.75, 3.05) is 6.54 Å². The minimum absolute atomic E-state index is 0.0266. The monoisotopic (exact) mass is 454 g/mol. The molecule has 4 heteroatoms. The Morgan fingerprint density at radius 3 is 2.44 bits per heavy atom. The van der Waals surface area contributed by atoms with Gasteiger partial charge in [-0.15, -0.1) is 0 Å². The Hall–Kier alpha value is -3.11. The SMILES string of the molecule is CCC1(CC)C[C@H](NC(=O)c2ccc(CN3CCc4ccccc4C3)cc2)c2ccccc2O1. The van der Waals surface area contributed by atoms with Crippen LogP contribution in [0.2, 0.25) is 0 Å². The Morgan fingerprint density at radius 2 is 1.68 bits per heavy atom. The standard InChI is InChI=1S/C30H34N2O2/c1-3-30(4-2)19-27(26-11-7-8-12-28(26)34-30)31-29(33)24-15-13-22(14-16-24)20-32-18-17-23-9-5-6-10-25(23)21-32/h5-16,27H,3-4,17-21H2,1-2H3,(H,31,33)/t27-/m0/s1. The lowest BCUT2D eigenvalue weighted by Gasteiger charge is -2.41. The Labute approximate surface area is 202 Å². The molecular formula is C30H34N2O2. The second-order valence-electron chi connectivity index (χ2n) is 9.69. The summed E-state index contributed by atoms with van der Waals surface area (Å²) in [6.45, 7) is 7.28. The lowest BCUT2D eigenvalue weighted by molar-refractivity contribution is 0.0227. The molecule has 4 nitrogen and oxygen atoms in total. The van der Waals surface area contributed by atoms with Crippen LogP contribution in [-0.4, -0.2) is 23.0 Å². The zero-order valence-corrected chi connectivity index (χ0v) is 20.2. The molecular weight excluding hydrogens is 420 g/mol. The molecule has 1 atom stereocenters. The summed E-state index contributed by atoms with van der Waals surface area (Å²) < 4.78 is 6.39. The summed E-state index contributed by atoms with van der Waals surface area (Å²) in [5.74, 6) is 0.863. The molecule has 0 saturated heterocycles. The summed E-state index contributed by atoms with van der Waals surface area (Å²) in [4.78, 5) is 15.7. The average molecular weight is 455 g/mol. The molecule has 176 valence electrons. The van der Waals surface area contributed by atoms with Crippen molar-refractivity contribution in [1.29, 1.82) is 0 Å². The van der Waals surface area contributed by atoms with Crippen LogP contribution in [0.15, 0.2) is 72.8 Å². The van der Waals surface area contributed by atoms with E-state index < -0.39 is 0 Å². The smallest absolute Gasteiger partial charge is 0.251 e. The number of nitrogens with one attached hydrogen (secondary N) is 1. The van der Waals surface area contributed by atoms with Crippen LogP contribution in [0, 0.1) is 0 Å². The maximum atomic E-state index is 13.2.